The van der Waals surface area contributed by atoms with E-state index in [-0.39, 0.29) is 12.8 Å². The largest absolute Gasteiger partial charge is 0.444 e. The number of aliphatic hydroxyl groups excluding tert-OH is 1. The summed E-state index contributed by atoms with van der Waals surface area (Å²) in [6, 6.07) is 0. The Morgan fingerprint density at radius 3 is 1.61 bits per heavy atom. The average molecular weight is 409 g/mol. The first kappa shape index (κ1) is 14.2. The van der Waals surface area contributed by atoms with Crippen molar-refractivity contribution in [2.75, 3.05) is 26.0 Å². The molecule has 1 N–H and O–H groups in total. The maximum Gasteiger partial charge on any atom is 0.410 e. The van der Waals surface area contributed by atoms with E-state index in [0.717, 1.165) is 0 Å². The van der Waals surface area contributed by atoms with Crippen molar-refractivity contribution >= 4 is 18.0 Å². The van der Waals surface area contributed by atoms with E-state index in [1.165, 1.54) is 0 Å². The Morgan fingerprint density at radius 2 is 1.25 bits per heavy atom. The molecule has 2 rings (SSSR count). The number of hydrogen-bond donors (Lipinski definition) is 1. The van der Waals surface area contributed by atoms with E-state index in [1.54, 1.807) is 41.5 Å². The maximum atomic E-state index is 11.9. The van der Waals surface area contributed by atoms with Crippen molar-refractivity contribution in [3.63, 3.8) is 0 Å². The molecule has 2 saturated heterocycles. The van der Waals surface area contributed by atoms with Crippen LogP contribution in [0.4, 0.5) is 9.59 Å². The molecule has 0 aliphatic carbocycles. The minimum atomic E-state index is -2.37. The summed E-state index contributed by atoms with van der Waals surface area (Å²) in [5.74, 6) is -0.551. The third-order valence-corrected chi connectivity index (χ3v) is 2.99. The van der Waals surface area contributed by atoms with Gasteiger partial charge < -0.3 is 24.4 Å². The molecule has 0 aromatic carbocycles. The Balaban J connectivity index is 0.000000360. The molecule has 8 heteroatoms. The lowest BCUT2D eigenvalue weighted by Gasteiger charge is -2.31. The second-order valence-electron chi connectivity index (χ2n) is 8.22. The van der Waals surface area contributed by atoms with Crippen molar-refractivity contribution in [1.82, 2.24) is 9.80 Å². The standard InChI is InChI=1S/C10H19NO3.C10H17NO3/c2*1-10(2,3)14-9(13)11-6-4-8(12)5-7-11/h8,12H,4-7H2,1-3H3;4-7H2,1-3H3/i2*6D2,7D2. The molecular formula is C20H36N2O6. The van der Waals surface area contributed by atoms with Gasteiger partial charge in [-0.2, -0.15) is 0 Å². The highest BCUT2D eigenvalue weighted by molar-refractivity contribution is 5.81. The van der Waals surface area contributed by atoms with Gasteiger partial charge in [0.15, 0.2) is 0 Å². The Kier molecular flexibility index (Phi) is 5.12. The van der Waals surface area contributed by atoms with Crippen LogP contribution in [0.25, 0.3) is 0 Å². The molecular weight excluding hydrogens is 364 g/mol. The lowest BCUT2D eigenvalue weighted by Crippen LogP contribution is -2.42. The fourth-order valence-corrected chi connectivity index (χ4v) is 1.85. The molecule has 2 fully saturated rings. The molecule has 0 bridgehead atoms. The van der Waals surface area contributed by atoms with Gasteiger partial charge in [-0.05, 0) is 54.4 Å². The Labute approximate surface area is 179 Å². The normalized spacial score (nSPS) is 30.3. The summed E-state index contributed by atoms with van der Waals surface area (Å²) >= 11 is 0. The third-order valence-electron chi connectivity index (χ3n) is 2.99. The maximum absolute atomic E-state index is 11.9. The SMILES string of the molecule is [2H]C1([2H])CC(=O)CC([2H])([2H])N1C(=O)OC(C)(C)C.[2H]C1([2H])CC(O)CC([2H])([2H])N1C(=O)OC(C)(C)C. The van der Waals surface area contributed by atoms with Gasteiger partial charge in [0.05, 0.1) is 6.10 Å². The molecule has 0 atom stereocenters. The smallest absolute Gasteiger partial charge is 0.410 e. The van der Waals surface area contributed by atoms with Crippen LogP contribution in [-0.4, -0.2) is 76.2 Å². The van der Waals surface area contributed by atoms with Gasteiger partial charge in [-0.15, -0.1) is 0 Å². The van der Waals surface area contributed by atoms with Gasteiger partial charge in [0.2, 0.25) is 0 Å². The first-order valence-corrected chi connectivity index (χ1v) is 8.97. The summed E-state index contributed by atoms with van der Waals surface area (Å²) in [5.41, 5.74) is -1.69. The highest BCUT2D eigenvalue weighted by Crippen LogP contribution is 2.15. The van der Waals surface area contributed by atoms with Gasteiger partial charge in [0.25, 0.3) is 0 Å². The Hall–Kier alpha value is -1.83. The number of Topliss-reactive ketones (excluding diaryl/α,β-unsaturated/α-hetero) is 1. The van der Waals surface area contributed by atoms with Crippen molar-refractivity contribution in [3.05, 3.63) is 0 Å². The Morgan fingerprint density at radius 1 is 0.893 bits per heavy atom. The minimum Gasteiger partial charge on any atom is -0.444 e. The summed E-state index contributed by atoms with van der Waals surface area (Å²) in [6.45, 7) is 0.370. The summed E-state index contributed by atoms with van der Waals surface area (Å²) in [7, 11) is 0. The monoisotopic (exact) mass is 408 g/mol. The molecule has 8 nitrogen and oxygen atoms in total. The molecule has 28 heavy (non-hydrogen) atoms. The highest BCUT2D eigenvalue weighted by Gasteiger charge is 2.26. The van der Waals surface area contributed by atoms with E-state index in [0.29, 0.717) is 9.80 Å². The van der Waals surface area contributed by atoms with Crippen molar-refractivity contribution in [3.8, 4) is 0 Å². The van der Waals surface area contributed by atoms with Gasteiger partial charge in [0, 0.05) is 49.8 Å². The molecule has 162 valence electrons. The predicted molar refractivity (Wildman–Crippen MR) is 105 cm³/mol. The zero-order valence-electron chi connectivity index (χ0n) is 25.3. The van der Waals surface area contributed by atoms with Gasteiger partial charge >= 0.3 is 12.2 Å². The highest BCUT2D eigenvalue weighted by atomic mass is 16.6. The van der Waals surface area contributed by atoms with E-state index in [1.807, 2.05) is 0 Å². The summed E-state index contributed by atoms with van der Waals surface area (Å²) < 4.78 is 71.3. The van der Waals surface area contributed by atoms with Crippen LogP contribution in [0.2, 0.25) is 0 Å². The topological polar surface area (TPSA) is 96.4 Å². The van der Waals surface area contributed by atoms with Crippen LogP contribution in [0.15, 0.2) is 0 Å². The van der Waals surface area contributed by atoms with Crippen molar-refractivity contribution < 1.29 is 39.9 Å². The van der Waals surface area contributed by atoms with E-state index in [2.05, 4.69) is 0 Å². The summed E-state index contributed by atoms with van der Waals surface area (Å²) in [4.78, 5) is 35.9. The first-order valence-electron chi connectivity index (χ1n) is 13.0. The van der Waals surface area contributed by atoms with Gasteiger partial charge in [-0.1, -0.05) is 0 Å². The minimum absolute atomic E-state index is 0.328. The van der Waals surface area contributed by atoms with Crippen LogP contribution in [0.5, 0.6) is 0 Å². The third kappa shape index (κ3) is 9.92. The van der Waals surface area contributed by atoms with E-state index >= 15 is 0 Å². The Bertz CT molecular complexity index is 816. The van der Waals surface area contributed by atoms with Crippen molar-refractivity contribution in [1.29, 1.82) is 0 Å². The molecule has 0 spiro atoms. The van der Waals surface area contributed by atoms with Gasteiger partial charge in [0.1, 0.15) is 17.0 Å². The molecule has 0 aromatic heterocycles. The predicted octanol–water partition coefficient (Wildman–Crippen LogP) is 2.96. The zero-order valence-corrected chi connectivity index (χ0v) is 17.3. The molecule has 0 saturated carbocycles. The van der Waals surface area contributed by atoms with E-state index in [4.69, 9.17) is 20.4 Å². The number of piperidine rings is 2. The zero-order chi connectivity index (χ0) is 28.7. The number of ether oxygens (including phenoxy) is 2. The fourth-order valence-electron chi connectivity index (χ4n) is 1.85. The number of nitrogens with zero attached hydrogens (tertiary/aromatic N) is 2. The van der Waals surface area contributed by atoms with Gasteiger partial charge in [-0.3, -0.25) is 4.79 Å². The molecule has 0 unspecified atom stereocenters. The molecule has 0 aromatic rings. The summed E-state index contributed by atoms with van der Waals surface area (Å²) in [5, 5.41) is 9.45. The van der Waals surface area contributed by atoms with Crippen LogP contribution < -0.4 is 0 Å². The van der Waals surface area contributed by atoms with Crippen molar-refractivity contribution in [2.45, 2.75) is 84.5 Å². The van der Waals surface area contributed by atoms with E-state index in [9.17, 15) is 19.5 Å². The number of aliphatic hydroxyl groups is 1. The molecule has 2 aliphatic rings. The fraction of sp³-hybridized carbons (Fsp3) is 0.850. The van der Waals surface area contributed by atoms with Crippen LogP contribution in [0, 0.1) is 0 Å². The number of amides is 2. The first-order chi connectivity index (χ1) is 15.7. The molecule has 0 radical (unpaired) electrons. The van der Waals surface area contributed by atoms with E-state index < -0.39 is 74.1 Å². The van der Waals surface area contributed by atoms with Crippen molar-refractivity contribution in [2.24, 2.45) is 0 Å². The molecule has 2 aliphatic heterocycles. The lowest BCUT2D eigenvalue weighted by molar-refractivity contribution is -0.121. The number of carbonyl (C=O) groups excluding carboxylic acids is 3. The number of carbonyl (C=O) groups is 3. The quantitative estimate of drug-likeness (QED) is 0.662. The number of rotatable bonds is 0. The van der Waals surface area contributed by atoms with Crippen LogP contribution in [0.3, 0.4) is 0 Å². The summed E-state index contributed by atoms with van der Waals surface area (Å²) in [6.07, 6.45) is -4.96. The van der Waals surface area contributed by atoms with Crippen LogP contribution in [0.1, 0.15) is 78.2 Å². The number of hydrogen-bond acceptors (Lipinski definition) is 6. The van der Waals surface area contributed by atoms with Crippen LogP contribution in [-0.2, 0) is 14.3 Å². The lowest BCUT2D eigenvalue weighted by atomic mass is 10.1. The second-order valence-corrected chi connectivity index (χ2v) is 8.22. The van der Waals surface area contributed by atoms with Crippen LogP contribution >= 0.6 is 0 Å². The molecule has 2 amide bonds. The molecule has 2 heterocycles. The van der Waals surface area contributed by atoms with Gasteiger partial charge in [-0.25, -0.2) is 9.59 Å². The number of ketones is 1. The average Bonchev–Trinajstić information content (AvgIpc) is 2.44. The second kappa shape index (κ2) is 10.1. The number of likely N-dealkylation sites (tertiary alicyclic amines) is 2.